The molecule has 3 rings (SSSR count). The summed E-state index contributed by atoms with van der Waals surface area (Å²) in [5.74, 6) is 2.63. The van der Waals surface area contributed by atoms with Gasteiger partial charge in [0.05, 0.1) is 20.3 Å². The van der Waals surface area contributed by atoms with Crippen LogP contribution in [0, 0.1) is 0 Å². The van der Waals surface area contributed by atoms with Gasteiger partial charge in [0.2, 0.25) is 5.88 Å². The number of methoxy groups -OCH3 is 1. The van der Waals surface area contributed by atoms with Gasteiger partial charge in [-0.05, 0) is 44.4 Å². The topological polar surface area (TPSA) is 89.0 Å². The van der Waals surface area contributed by atoms with Crippen molar-refractivity contribution < 1.29 is 19.3 Å². The van der Waals surface area contributed by atoms with Crippen molar-refractivity contribution in [3.8, 4) is 23.4 Å². The highest BCUT2D eigenvalue weighted by molar-refractivity contribution is 5.41. The lowest BCUT2D eigenvalue weighted by molar-refractivity contribution is 0.210. The molecule has 1 aliphatic rings. The fourth-order valence-electron chi connectivity index (χ4n) is 3.52. The smallest absolute Gasteiger partial charge is 0.319 e. The molecule has 2 heterocycles. The summed E-state index contributed by atoms with van der Waals surface area (Å²) in [6.07, 6.45) is 1.97. The second-order valence-corrected chi connectivity index (χ2v) is 6.97. The van der Waals surface area contributed by atoms with E-state index >= 15 is 0 Å². The van der Waals surface area contributed by atoms with Crippen LogP contribution in [0.25, 0.3) is 0 Å². The molecule has 0 atom stereocenters. The lowest BCUT2D eigenvalue weighted by atomic mass is 10.0. The van der Waals surface area contributed by atoms with Gasteiger partial charge < -0.3 is 24.6 Å². The quantitative estimate of drug-likeness (QED) is 0.662. The van der Waals surface area contributed by atoms with Gasteiger partial charge in [0.1, 0.15) is 17.3 Å². The lowest BCUT2D eigenvalue weighted by Crippen LogP contribution is -2.38. The highest BCUT2D eigenvalue weighted by Gasteiger charge is 2.20. The highest BCUT2D eigenvalue weighted by Crippen LogP contribution is 2.26. The largest absolute Gasteiger partial charge is 0.494 e. The van der Waals surface area contributed by atoms with Gasteiger partial charge in [-0.1, -0.05) is 0 Å². The molecule has 2 aromatic rings. The van der Waals surface area contributed by atoms with E-state index < -0.39 is 0 Å². The normalized spacial score (nSPS) is 15.1. The van der Waals surface area contributed by atoms with E-state index in [4.69, 9.17) is 14.2 Å². The van der Waals surface area contributed by atoms with Gasteiger partial charge in [0, 0.05) is 37.8 Å². The van der Waals surface area contributed by atoms with E-state index in [1.54, 1.807) is 6.07 Å². The number of nitrogens with one attached hydrogen (secondary N) is 1. The van der Waals surface area contributed by atoms with E-state index in [1.165, 1.54) is 12.7 Å². The van der Waals surface area contributed by atoms with Crippen LogP contribution in [0.15, 0.2) is 24.3 Å². The Bertz CT molecular complexity index is 770. The third kappa shape index (κ3) is 6.12. The van der Waals surface area contributed by atoms with Crippen LogP contribution in [0.5, 0.6) is 23.4 Å². The van der Waals surface area contributed by atoms with Gasteiger partial charge in [0.25, 0.3) is 0 Å². The predicted octanol–water partition coefficient (Wildman–Crippen LogP) is 3.06. The van der Waals surface area contributed by atoms with E-state index in [2.05, 4.69) is 32.3 Å². The monoisotopic (exact) mass is 402 g/mol. The van der Waals surface area contributed by atoms with E-state index in [0.717, 1.165) is 44.0 Å². The van der Waals surface area contributed by atoms with Crippen LogP contribution in [0.3, 0.4) is 0 Å². The molecule has 1 aromatic carbocycles. The summed E-state index contributed by atoms with van der Waals surface area (Å²) < 4.78 is 16.4. The van der Waals surface area contributed by atoms with Gasteiger partial charge in [-0.3, -0.25) is 4.90 Å². The first-order valence-corrected chi connectivity index (χ1v) is 10.1. The zero-order valence-corrected chi connectivity index (χ0v) is 17.4. The van der Waals surface area contributed by atoms with Crippen LogP contribution >= 0.6 is 0 Å². The molecule has 29 heavy (non-hydrogen) atoms. The van der Waals surface area contributed by atoms with Gasteiger partial charge in [-0.2, -0.15) is 9.97 Å². The molecule has 2 N–H and O–H groups in total. The average Bonchev–Trinajstić information content (AvgIpc) is 2.69. The van der Waals surface area contributed by atoms with Crippen LogP contribution in [0.4, 0.5) is 5.82 Å². The molecule has 0 aliphatic carbocycles. The van der Waals surface area contributed by atoms with Crippen LogP contribution < -0.4 is 19.5 Å². The molecule has 0 amide bonds. The fraction of sp³-hybridized carbons (Fsp3) is 0.524. The van der Waals surface area contributed by atoms with Gasteiger partial charge >= 0.3 is 6.01 Å². The minimum atomic E-state index is -0.288. The zero-order chi connectivity index (χ0) is 20.6. The molecular weight excluding hydrogens is 372 g/mol. The number of benzene rings is 1. The number of anilines is 1. The van der Waals surface area contributed by atoms with Gasteiger partial charge in [-0.15, -0.1) is 0 Å². The number of aromatic nitrogens is 2. The van der Waals surface area contributed by atoms with E-state index in [0.29, 0.717) is 31.0 Å². The first kappa shape index (κ1) is 21.0. The number of ether oxygens (including phenoxy) is 3. The molecule has 158 valence electrons. The zero-order valence-electron chi connectivity index (χ0n) is 17.4. The average molecular weight is 402 g/mol. The Morgan fingerprint density at radius 3 is 2.28 bits per heavy atom. The first-order chi connectivity index (χ1) is 14.1. The Kier molecular flexibility index (Phi) is 7.35. The van der Waals surface area contributed by atoms with E-state index in [1.807, 2.05) is 19.9 Å². The third-order valence-corrected chi connectivity index (χ3v) is 4.81. The van der Waals surface area contributed by atoms with Crippen molar-refractivity contribution in [2.75, 3.05) is 38.7 Å². The molecule has 0 saturated carbocycles. The van der Waals surface area contributed by atoms with Crippen molar-refractivity contribution in [3.05, 3.63) is 29.8 Å². The minimum absolute atomic E-state index is 0.288. The lowest BCUT2D eigenvalue weighted by Gasteiger charge is -2.32. The van der Waals surface area contributed by atoms with Crippen molar-refractivity contribution in [1.82, 2.24) is 14.9 Å². The van der Waals surface area contributed by atoms with Crippen LogP contribution in [-0.2, 0) is 6.54 Å². The van der Waals surface area contributed by atoms with Crippen LogP contribution in [-0.4, -0.2) is 59.4 Å². The summed E-state index contributed by atoms with van der Waals surface area (Å²) >= 11 is 0. The van der Waals surface area contributed by atoms with Crippen molar-refractivity contribution in [3.63, 3.8) is 0 Å². The molecule has 1 saturated heterocycles. The van der Waals surface area contributed by atoms with Crippen molar-refractivity contribution in [2.24, 2.45) is 0 Å². The maximum Gasteiger partial charge on any atom is 0.319 e. The van der Waals surface area contributed by atoms with Crippen molar-refractivity contribution in [2.45, 2.75) is 39.3 Å². The number of piperidine rings is 1. The first-order valence-electron chi connectivity index (χ1n) is 10.1. The predicted molar refractivity (Wildman–Crippen MR) is 111 cm³/mol. The molecule has 1 fully saturated rings. The molecule has 1 aromatic heterocycles. The van der Waals surface area contributed by atoms with Crippen molar-refractivity contribution in [1.29, 1.82) is 0 Å². The minimum Gasteiger partial charge on any atom is -0.494 e. The Morgan fingerprint density at radius 2 is 1.69 bits per heavy atom. The van der Waals surface area contributed by atoms with E-state index in [9.17, 15) is 5.11 Å². The summed E-state index contributed by atoms with van der Waals surface area (Å²) in [7, 11) is 1.52. The summed E-state index contributed by atoms with van der Waals surface area (Å²) in [5, 5.41) is 13.0. The SMILES string of the molecule is CCOc1cc(CN2CCC(Nc3cc(OC)nc(O)n3)CC2)cc(OCC)c1. The summed E-state index contributed by atoms with van der Waals surface area (Å²) in [6, 6.07) is 7.82. The summed E-state index contributed by atoms with van der Waals surface area (Å²) in [4.78, 5) is 10.3. The Balaban J connectivity index is 1.56. The second kappa shape index (κ2) is 10.2. The fourth-order valence-corrected chi connectivity index (χ4v) is 3.52. The molecule has 0 spiro atoms. The number of hydrogen-bond acceptors (Lipinski definition) is 8. The molecule has 0 radical (unpaired) electrons. The molecular formula is C21H30N4O4. The maximum absolute atomic E-state index is 9.61. The number of aromatic hydroxyl groups is 1. The van der Waals surface area contributed by atoms with Crippen molar-refractivity contribution >= 4 is 5.82 Å². The van der Waals surface area contributed by atoms with Gasteiger partial charge in [-0.25, -0.2) is 0 Å². The summed E-state index contributed by atoms with van der Waals surface area (Å²) in [6.45, 7) is 8.03. The molecule has 8 nitrogen and oxygen atoms in total. The van der Waals surface area contributed by atoms with Crippen LogP contribution in [0.2, 0.25) is 0 Å². The second-order valence-electron chi connectivity index (χ2n) is 6.97. The van der Waals surface area contributed by atoms with Gasteiger partial charge in [0.15, 0.2) is 0 Å². The molecule has 1 aliphatic heterocycles. The Morgan fingerprint density at radius 1 is 1.03 bits per heavy atom. The number of nitrogens with zero attached hydrogens (tertiary/aromatic N) is 3. The van der Waals surface area contributed by atoms with Crippen LogP contribution in [0.1, 0.15) is 32.3 Å². The summed E-state index contributed by atoms with van der Waals surface area (Å²) in [5.41, 5.74) is 1.19. The molecule has 0 bridgehead atoms. The Labute approximate surface area is 171 Å². The molecule has 0 unspecified atom stereocenters. The number of likely N-dealkylation sites (tertiary alicyclic amines) is 1. The molecule has 8 heteroatoms. The standard InChI is InChI=1S/C21H30N4O4/c1-4-28-17-10-15(11-18(12-17)29-5-2)14-25-8-6-16(7-9-25)22-19-13-20(27-3)24-21(26)23-19/h10-13,16H,4-9,14H2,1-3H3,(H2,22,23,24,26). The Hall–Kier alpha value is -2.74. The number of hydrogen-bond donors (Lipinski definition) is 2. The number of rotatable bonds is 9. The maximum atomic E-state index is 9.61. The third-order valence-electron chi connectivity index (χ3n) is 4.81. The highest BCUT2D eigenvalue weighted by atomic mass is 16.5. The van der Waals surface area contributed by atoms with E-state index in [-0.39, 0.29) is 6.01 Å².